The van der Waals surface area contributed by atoms with E-state index in [9.17, 15) is 39.5 Å². The summed E-state index contributed by atoms with van der Waals surface area (Å²) in [4.78, 5) is 0. The third kappa shape index (κ3) is 3.45. The molecule has 2 atom stereocenters. The Morgan fingerprint density at radius 2 is 1.09 bits per heavy atom. The highest BCUT2D eigenvalue weighted by molar-refractivity contribution is 14.1. The molecule has 2 unspecified atom stereocenters. The van der Waals surface area contributed by atoms with Crippen LogP contribution in [-0.2, 0) is 0 Å². The van der Waals surface area contributed by atoms with Gasteiger partial charge in [-0.15, -0.1) is 0 Å². The standard InChI is InChI=1S/C12H14F9I/c13-9(14,7-5-3-1-2-4-6-8(7)22)10(15,16)11(17,18)12(19,20)21/h7-8H,1-6H2. The van der Waals surface area contributed by atoms with E-state index in [2.05, 4.69) is 0 Å². The highest BCUT2D eigenvalue weighted by Gasteiger charge is 2.82. The molecule has 22 heavy (non-hydrogen) atoms. The lowest BCUT2D eigenvalue weighted by atomic mass is 9.82. The van der Waals surface area contributed by atoms with Crippen molar-refractivity contribution in [2.24, 2.45) is 5.92 Å². The first-order chi connectivity index (χ1) is 9.77. The van der Waals surface area contributed by atoms with Gasteiger partial charge in [-0.3, -0.25) is 0 Å². The summed E-state index contributed by atoms with van der Waals surface area (Å²) in [5.41, 5.74) is 0. The first-order valence-electron chi connectivity index (χ1n) is 6.61. The van der Waals surface area contributed by atoms with Gasteiger partial charge >= 0.3 is 23.9 Å². The summed E-state index contributed by atoms with van der Waals surface area (Å²) in [7, 11) is 0. The van der Waals surface area contributed by atoms with Gasteiger partial charge in [0, 0.05) is 9.84 Å². The molecule has 0 N–H and O–H groups in total. The summed E-state index contributed by atoms with van der Waals surface area (Å²) in [6, 6.07) is 0. The number of hydrogen-bond donors (Lipinski definition) is 0. The van der Waals surface area contributed by atoms with E-state index in [0.29, 0.717) is 19.3 Å². The zero-order valence-electron chi connectivity index (χ0n) is 11.2. The van der Waals surface area contributed by atoms with Crippen LogP contribution in [0.25, 0.3) is 0 Å². The number of halogens is 10. The SMILES string of the molecule is FC(F)(F)C(F)(F)C(F)(F)C(F)(F)C1CCCCCCC1I. The second kappa shape index (κ2) is 6.54. The van der Waals surface area contributed by atoms with E-state index in [1.807, 2.05) is 0 Å². The van der Waals surface area contributed by atoms with Gasteiger partial charge in [-0.2, -0.15) is 39.5 Å². The van der Waals surface area contributed by atoms with E-state index < -0.39 is 40.2 Å². The van der Waals surface area contributed by atoms with Crippen molar-refractivity contribution in [3.05, 3.63) is 0 Å². The van der Waals surface area contributed by atoms with Crippen molar-refractivity contribution in [1.82, 2.24) is 0 Å². The molecule has 0 aliphatic heterocycles. The highest BCUT2D eigenvalue weighted by atomic mass is 127. The van der Waals surface area contributed by atoms with E-state index in [4.69, 9.17) is 0 Å². The molecule has 0 aromatic heterocycles. The van der Waals surface area contributed by atoms with Crippen LogP contribution in [0.1, 0.15) is 38.5 Å². The van der Waals surface area contributed by atoms with Crippen LogP contribution in [0.5, 0.6) is 0 Å². The second-order valence-electron chi connectivity index (χ2n) is 5.38. The lowest BCUT2D eigenvalue weighted by Gasteiger charge is -2.40. The summed E-state index contributed by atoms with van der Waals surface area (Å²) in [6.07, 6.45) is -5.50. The van der Waals surface area contributed by atoms with E-state index in [1.54, 1.807) is 0 Å². The topological polar surface area (TPSA) is 0 Å². The molecule has 0 aromatic carbocycles. The largest absolute Gasteiger partial charge is 0.460 e. The van der Waals surface area contributed by atoms with Gasteiger partial charge in [0.1, 0.15) is 0 Å². The highest BCUT2D eigenvalue weighted by Crippen LogP contribution is 2.57. The van der Waals surface area contributed by atoms with Crippen molar-refractivity contribution in [3.63, 3.8) is 0 Å². The number of alkyl halides is 10. The first kappa shape index (κ1) is 20.1. The Hall–Kier alpha value is 0.1000. The fraction of sp³-hybridized carbons (Fsp3) is 1.00. The van der Waals surface area contributed by atoms with Crippen LogP contribution in [0.15, 0.2) is 0 Å². The van der Waals surface area contributed by atoms with Crippen molar-refractivity contribution in [1.29, 1.82) is 0 Å². The molecule has 0 aromatic rings. The summed E-state index contributed by atoms with van der Waals surface area (Å²) in [6.45, 7) is 0. The van der Waals surface area contributed by atoms with Crippen LogP contribution >= 0.6 is 22.6 Å². The average molecular weight is 456 g/mol. The van der Waals surface area contributed by atoms with Gasteiger partial charge in [0.15, 0.2) is 0 Å². The van der Waals surface area contributed by atoms with Gasteiger partial charge in [-0.1, -0.05) is 48.3 Å². The van der Waals surface area contributed by atoms with Gasteiger partial charge in [-0.25, -0.2) is 0 Å². The molecule has 1 aliphatic carbocycles. The fourth-order valence-electron chi connectivity index (χ4n) is 2.47. The second-order valence-corrected chi connectivity index (χ2v) is 6.98. The minimum atomic E-state index is -6.79. The Kier molecular flexibility index (Phi) is 5.99. The van der Waals surface area contributed by atoms with E-state index >= 15 is 0 Å². The third-order valence-electron chi connectivity index (χ3n) is 3.82. The van der Waals surface area contributed by atoms with E-state index in [0.717, 1.165) is 0 Å². The first-order valence-corrected chi connectivity index (χ1v) is 7.85. The van der Waals surface area contributed by atoms with Crippen molar-refractivity contribution < 1.29 is 39.5 Å². The monoisotopic (exact) mass is 456 g/mol. The van der Waals surface area contributed by atoms with Crippen molar-refractivity contribution in [3.8, 4) is 0 Å². The van der Waals surface area contributed by atoms with Gasteiger partial charge in [0.05, 0.1) is 0 Å². The molecule has 0 saturated heterocycles. The smallest absolute Gasteiger partial charge is 0.199 e. The molecule has 0 bridgehead atoms. The Morgan fingerprint density at radius 1 is 0.636 bits per heavy atom. The Bertz CT molecular complexity index is 377. The maximum absolute atomic E-state index is 13.9. The van der Waals surface area contributed by atoms with Crippen molar-refractivity contribution in [2.45, 2.75) is 66.4 Å². The van der Waals surface area contributed by atoms with Gasteiger partial charge in [-0.05, 0) is 12.8 Å². The molecular weight excluding hydrogens is 442 g/mol. The molecular formula is C12H14F9I. The maximum Gasteiger partial charge on any atom is 0.460 e. The van der Waals surface area contributed by atoms with Gasteiger partial charge in [0.2, 0.25) is 0 Å². The van der Waals surface area contributed by atoms with Crippen LogP contribution in [0.3, 0.4) is 0 Å². The fourth-order valence-corrected chi connectivity index (χ4v) is 3.72. The molecule has 1 saturated carbocycles. The molecule has 0 heterocycles. The predicted octanol–water partition coefficient (Wildman–Crippen LogP) is 6.23. The van der Waals surface area contributed by atoms with Crippen LogP contribution in [-0.4, -0.2) is 27.9 Å². The van der Waals surface area contributed by atoms with Gasteiger partial charge < -0.3 is 0 Å². The molecule has 0 radical (unpaired) electrons. The van der Waals surface area contributed by atoms with Crippen molar-refractivity contribution >= 4 is 22.6 Å². The predicted molar refractivity (Wildman–Crippen MR) is 69.9 cm³/mol. The van der Waals surface area contributed by atoms with Crippen LogP contribution in [0.2, 0.25) is 0 Å². The molecule has 0 amide bonds. The van der Waals surface area contributed by atoms with Crippen LogP contribution in [0.4, 0.5) is 39.5 Å². The quantitative estimate of drug-likeness (QED) is 0.269. The number of hydrogen-bond acceptors (Lipinski definition) is 0. The molecule has 0 nitrogen and oxygen atoms in total. The zero-order chi connectivity index (χ0) is 17.4. The van der Waals surface area contributed by atoms with E-state index in [-0.39, 0.29) is 12.8 Å². The Morgan fingerprint density at radius 3 is 1.55 bits per heavy atom. The molecule has 1 fully saturated rings. The molecule has 10 heteroatoms. The Balaban J connectivity index is 3.18. The van der Waals surface area contributed by atoms with E-state index in [1.165, 1.54) is 22.6 Å². The minimum Gasteiger partial charge on any atom is -0.199 e. The summed E-state index contributed by atoms with van der Waals surface area (Å²) < 4.78 is 116. The molecule has 1 aliphatic rings. The Labute approximate surface area is 134 Å². The third-order valence-corrected chi connectivity index (χ3v) is 5.31. The summed E-state index contributed by atoms with van der Waals surface area (Å²) >= 11 is 1.44. The van der Waals surface area contributed by atoms with Crippen LogP contribution < -0.4 is 0 Å². The molecule has 0 spiro atoms. The summed E-state index contributed by atoms with van der Waals surface area (Å²) in [5.74, 6) is -21.0. The molecule has 132 valence electrons. The maximum atomic E-state index is 13.9. The van der Waals surface area contributed by atoms with Gasteiger partial charge in [0.25, 0.3) is 0 Å². The lowest BCUT2D eigenvalue weighted by molar-refractivity contribution is -0.403. The summed E-state index contributed by atoms with van der Waals surface area (Å²) in [5, 5.41) is 0. The zero-order valence-corrected chi connectivity index (χ0v) is 13.3. The molecule has 1 rings (SSSR count). The average Bonchev–Trinajstić information content (AvgIpc) is 2.31. The van der Waals surface area contributed by atoms with Crippen LogP contribution in [0, 0.1) is 5.92 Å². The van der Waals surface area contributed by atoms with Crippen molar-refractivity contribution in [2.75, 3.05) is 0 Å². The lowest BCUT2D eigenvalue weighted by Crippen LogP contribution is -2.64. The number of rotatable bonds is 3. The normalized spacial score (nSPS) is 26.5. The minimum absolute atomic E-state index is 0.0779.